The van der Waals surface area contributed by atoms with Crippen LogP contribution in [0.5, 0.6) is 0 Å². The fourth-order valence-electron chi connectivity index (χ4n) is 2.10. The minimum Gasteiger partial charge on any atom is -0.273 e. The third kappa shape index (κ3) is 3.50. The summed E-state index contributed by atoms with van der Waals surface area (Å²) < 4.78 is 25.2. The van der Waals surface area contributed by atoms with Gasteiger partial charge in [-0.15, -0.1) is 16.2 Å². The number of carbonyl (C=O) groups is 1. The fraction of sp³-hybridized carbons (Fsp3) is 0. The first-order chi connectivity index (χ1) is 11.9. The van der Waals surface area contributed by atoms with Crippen molar-refractivity contribution in [3.63, 3.8) is 0 Å². The van der Waals surface area contributed by atoms with E-state index in [-0.39, 0.29) is 14.8 Å². The van der Waals surface area contributed by atoms with E-state index in [0.29, 0.717) is 5.56 Å². The van der Waals surface area contributed by atoms with Crippen LogP contribution in [0, 0.1) is 11.3 Å². The average molecular weight is 392 g/mol. The molecular weight excluding hydrogens is 382 g/mol. The molecule has 2 aromatic carbocycles. The molecule has 0 unspecified atom stereocenters. The summed E-state index contributed by atoms with van der Waals surface area (Å²) in [6, 6.07) is 14.4. The molecule has 6 nitrogen and oxygen atoms in total. The van der Waals surface area contributed by atoms with E-state index in [1.54, 1.807) is 12.1 Å². The van der Waals surface area contributed by atoms with Gasteiger partial charge in [-0.2, -0.15) is 5.26 Å². The maximum atomic E-state index is 12.3. The molecule has 126 valence electrons. The molecule has 2 N–H and O–H groups in total. The third-order valence-corrected chi connectivity index (χ3v) is 6.27. The molecule has 3 rings (SSSR count). The molecule has 25 heavy (non-hydrogen) atoms. The van der Waals surface area contributed by atoms with Crippen molar-refractivity contribution in [3.05, 3.63) is 64.0 Å². The van der Waals surface area contributed by atoms with Crippen molar-refractivity contribution in [1.82, 2.24) is 10.3 Å². The monoisotopic (exact) mass is 391 g/mol. The number of fused-ring (bicyclic) bond motifs is 1. The molecule has 9 heteroatoms. The lowest BCUT2D eigenvalue weighted by atomic mass is 10.2. The first-order valence-electron chi connectivity index (χ1n) is 6.92. The van der Waals surface area contributed by atoms with Gasteiger partial charge in [0.05, 0.1) is 21.6 Å². The molecule has 0 saturated carbocycles. The van der Waals surface area contributed by atoms with Gasteiger partial charge in [0.15, 0.2) is 0 Å². The van der Waals surface area contributed by atoms with Crippen molar-refractivity contribution in [2.24, 2.45) is 0 Å². The summed E-state index contributed by atoms with van der Waals surface area (Å²) in [6.07, 6.45) is 0. The molecule has 0 aliphatic heterocycles. The molecule has 0 atom stereocenters. The number of hydrogen-bond acceptors (Lipinski definition) is 5. The lowest BCUT2D eigenvalue weighted by molar-refractivity contribution is 0.0949. The van der Waals surface area contributed by atoms with Gasteiger partial charge in [0.2, 0.25) is 0 Å². The SMILES string of the molecule is N#Cc1ccc(S(=O)(=O)NNC(=O)c2sc3ccccc3c2Cl)cc1. The molecule has 0 bridgehead atoms. The zero-order valence-electron chi connectivity index (χ0n) is 12.5. The zero-order chi connectivity index (χ0) is 18.0. The molecule has 1 aromatic heterocycles. The van der Waals surface area contributed by atoms with Gasteiger partial charge in [-0.3, -0.25) is 10.2 Å². The Labute approximate surface area is 152 Å². The Bertz CT molecular complexity index is 1100. The van der Waals surface area contributed by atoms with Crippen molar-refractivity contribution < 1.29 is 13.2 Å². The van der Waals surface area contributed by atoms with Crippen LogP contribution in [-0.4, -0.2) is 14.3 Å². The minimum absolute atomic E-state index is 0.0748. The van der Waals surface area contributed by atoms with Crippen LogP contribution in [0.2, 0.25) is 5.02 Å². The Morgan fingerprint density at radius 1 is 1.12 bits per heavy atom. The molecule has 0 aliphatic carbocycles. The van der Waals surface area contributed by atoms with E-state index in [2.05, 4.69) is 5.43 Å². The smallest absolute Gasteiger partial charge is 0.273 e. The number of halogens is 1. The number of benzene rings is 2. The van der Waals surface area contributed by atoms with Crippen LogP contribution in [0.3, 0.4) is 0 Å². The van der Waals surface area contributed by atoms with E-state index in [1.807, 2.05) is 23.0 Å². The van der Waals surface area contributed by atoms with Gasteiger partial charge in [0.25, 0.3) is 15.9 Å². The topological polar surface area (TPSA) is 99.1 Å². The average Bonchev–Trinajstić information content (AvgIpc) is 2.97. The molecule has 0 spiro atoms. The summed E-state index contributed by atoms with van der Waals surface area (Å²) in [6.45, 7) is 0. The van der Waals surface area contributed by atoms with Crippen molar-refractivity contribution in [2.75, 3.05) is 0 Å². The summed E-state index contributed by atoms with van der Waals surface area (Å²) in [4.78, 5) is 14.4. The second-order valence-electron chi connectivity index (χ2n) is 4.94. The van der Waals surface area contributed by atoms with Crippen LogP contribution in [0.15, 0.2) is 53.4 Å². The van der Waals surface area contributed by atoms with Crippen LogP contribution >= 0.6 is 22.9 Å². The van der Waals surface area contributed by atoms with Crippen LogP contribution < -0.4 is 10.3 Å². The summed E-state index contributed by atoms with van der Waals surface area (Å²) in [5.74, 6) is -0.650. The maximum absolute atomic E-state index is 12.3. The normalized spacial score (nSPS) is 11.2. The number of sulfonamides is 1. The van der Waals surface area contributed by atoms with E-state index in [9.17, 15) is 13.2 Å². The number of hydrogen-bond donors (Lipinski definition) is 2. The van der Waals surface area contributed by atoms with Crippen LogP contribution in [0.1, 0.15) is 15.2 Å². The second kappa shape index (κ2) is 6.82. The van der Waals surface area contributed by atoms with Crippen LogP contribution in [0.25, 0.3) is 10.1 Å². The number of nitrogens with one attached hydrogen (secondary N) is 2. The van der Waals surface area contributed by atoms with Gasteiger partial charge in [0, 0.05) is 10.1 Å². The molecule has 0 aliphatic rings. The zero-order valence-corrected chi connectivity index (χ0v) is 14.9. The maximum Gasteiger partial charge on any atom is 0.277 e. The predicted molar refractivity (Wildman–Crippen MR) is 95.8 cm³/mol. The summed E-state index contributed by atoms with van der Waals surface area (Å²) in [5.41, 5.74) is 2.49. The number of thiophene rings is 1. The Kier molecular flexibility index (Phi) is 4.74. The molecule has 0 saturated heterocycles. The first kappa shape index (κ1) is 17.4. The number of hydrazine groups is 1. The molecule has 0 radical (unpaired) electrons. The van der Waals surface area contributed by atoms with Crippen LogP contribution in [-0.2, 0) is 10.0 Å². The number of nitrogens with zero attached hydrogens (tertiary/aromatic N) is 1. The number of carbonyl (C=O) groups excluding carboxylic acids is 1. The highest BCUT2D eigenvalue weighted by molar-refractivity contribution is 7.89. The highest BCUT2D eigenvalue weighted by Crippen LogP contribution is 2.34. The number of nitriles is 1. The van der Waals surface area contributed by atoms with E-state index in [1.165, 1.54) is 35.6 Å². The van der Waals surface area contributed by atoms with Gasteiger partial charge >= 0.3 is 0 Å². The highest BCUT2D eigenvalue weighted by Gasteiger charge is 2.20. The van der Waals surface area contributed by atoms with Gasteiger partial charge in [-0.25, -0.2) is 8.42 Å². The quantitative estimate of drug-likeness (QED) is 0.667. The standard InChI is InChI=1S/C16H10ClN3O3S2/c17-14-12-3-1-2-4-13(12)24-15(14)16(21)19-20-25(22,23)11-7-5-10(9-18)6-8-11/h1-8,20H,(H,19,21). The third-order valence-electron chi connectivity index (χ3n) is 3.33. The van der Waals surface area contributed by atoms with E-state index in [4.69, 9.17) is 16.9 Å². The molecule has 1 heterocycles. The Balaban J connectivity index is 1.78. The lowest BCUT2D eigenvalue weighted by Gasteiger charge is -2.07. The van der Waals surface area contributed by atoms with E-state index in [0.717, 1.165) is 10.1 Å². The summed E-state index contributed by atoms with van der Waals surface area (Å²) >= 11 is 7.36. The second-order valence-corrected chi connectivity index (χ2v) is 8.05. The largest absolute Gasteiger partial charge is 0.277 e. The van der Waals surface area contributed by atoms with Gasteiger partial charge < -0.3 is 0 Å². The van der Waals surface area contributed by atoms with Crippen LogP contribution in [0.4, 0.5) is 0 Å². The predicted octanol–water partition coefficient (Wildman–Crippen LogP) is 3.05. The minimum atomic E-state index is -3.96. The van der Waals surface area contributed by atoms with Crippen molar-refractivity contribution >= 4 is 49.0 Å². The summed E-state index contributed by atoms with van der Waals surface area (Å²) in [5, 5.41) is 9.74. The van der Waals surface area contributed by atoms with E-state index < -0.39 is 15.9 Å². The Hall–Kier alpha value is -2.44. The molecular formula is C16H10ClN3O3S2. The van der Waals surface area contributed by atoms with E-state index >= 15 is 0 Å². The van der Waals surface area contributed by atoms with Gasteiger partial charge in [-0.05, 0) is 30.3 Å². The Morgan fingerprint density at radius 3 is 2.44 bits per heavy atom. The molecule has 3 aromatic rings. The number of amides is 1. The Morgan fingerprint density at radius 2 is 1.80 bits per heavy atom. The lowest BCUT2D eigenvalue weighted by Crippen LogP contribution is -2.41. The molecule has 1 amide bonds. The number of rotatable bonds is 4. The first-order valence-corrected chi connectivity index (χ1v) is 9.59. The van der Waals surface area contributed by atoms with Gasteiger partial charge in [0.1, 0.15) is 4.88 Å². The van der Waals surface area contributed by atoms with Crippen molar-refractivity contribution in [1.29, 1.82) is 5.26 Å². The summed E-state index contributed by atoms with van der Waals surface area (Å²) in [7, 11) is -3.96. The fourth-order valence-corrected chi connectivity index (χ4v) is 4.35. The van der Waals surface area contributed by atoms with Crippen molar-refractivity contribution in [3.8, 4) is 6.07 Å². The van der Waals surface area contributed by atoms with Gasteiger partial charge in [-0.1, -0.05) is 29.8 Å². The molecule has 0 fully saturated rings. The van der Waals surface area contributed by atoms with Crippen molar-refractivity contribution in [2.45, 2.75) is 4.90 Å². The highest BCUT2D eigenvalue weighted by atomic mass is 35.5.